The minimum atomic E-state index is -1.12. The van der Waals surface area contributed by atoms with E-state index in [1.807, 2.05) is 13.8 Å². The van der Waals surface area contributed by atoms with Crippen molar-refractivity contribution in [3.8, 4) is 0 Å². The van der Waals surface area contributed by atoms with E-state index in [4.69, 9.17) is 0 Å². The highest BCUT2D eigenvalue weighted by atomic mass is 16.4. The van der Waals surface area contributed by atoms with Crippen LogP contribution in [0.3, 0.4) is 0 Å². The van der Waals surface area contributed by atoms with Gasteiger partial charge in [0.2, 0.25) is 5.91 Å². The molecule has 4 heteroatoms. The molecule has 1 heterocycles. The van der Waals surface area contributed by atoms with Gasteiger partial charge in [-0.05, 0) is 13.8 Å². The molecule has 1 fully saturated rings. The lowest BCUT2D eigenvalue weighted by Gasteiger charge is -2.20. The van der Waals surface area contributed by atoms with Gasteiger partial charge >= 0.3 is 0 Å². The van der Waals surface area contributed by atoms with Crippen LogP contribution in [-0.4, -0.2) is 29.4 Å². The summed E-state index contributed by atoms with van der Waals surface area (Å²) in [6, 6.07) is 0.0850. The lowest BCUT2D eigenvalue weighted by molar-refractivity contribution is -0.311. The Morgan fingerprint density at radius 3 is 2.50 bits per heavy atom. The number of likely N-dealkylation sites (tertiary alicyclic amines) is 1. The van der Waals surface area contributed by atoms with Crippen molar-refractivity contribution in [1.29, 1.82) is 0 Å². The second kappa shape index (κ2) is 3.13. The first-order valence-electron chi connectivity index (χ1n) is 4.02. The summed E-state index contributed by atoms with van der Waals surface area (Å²) in [4.78, 5) is 23.2. The predicted octanol–water partition coefficient (Wildman–Crippen LogP) is -1.01. The van der Waals surface area contributed by atoms with Crippen LogP contribution < -0.4 is 5.11 Å². The zero-order valence-corrected chi connectivity index (χ0v) is 7.24. The summed E-state index contributed by atoms with van der Waals surface area (Å²) < 4.78 is 0. The second-order valence-electron chi connectivity index (χ2n) is 3.36. The summed E-state index contributed by atoms with van der Waals surface area (Å²) in [5.41, 5.74) is 0. The Morgan fingerprint density at radius 1 is 1.67 bits per heavy atom. The van der Waals surface area contributed by atoms with Crippen molar-refractivity contribution in [1.82, 2.24) is 4.90 Å². The molecule has 12 heavy (non-hydrogen) atoms. The van der Waals surface area contributed by atoms with Gasteiger partial charge < -0.3 is 14.8 Å². The highest BCUT2D eigenvalue weighted by Crippen LogP contribution is 2.18. The summed E-state index contributed by atoms with van der Waals surface area (Å²) in [6.07, 6.45) is 0.0977. The number of nitrogens with zero attached hydrogens (tertiary/aromatic N) is 1. The minimum absolute atomic E-state index is 0.0841. The number of carboxylic acid groups (broad SMARTS) is 1. The monoisotopic (exact) mass is 170 g/mol. The van der Waals surface area contributed by atoms with Crippen molar-refractivity contribution in [2.24, 2.45) is 5.92 Å². The van der Waals surface area contributed by atoms with Crippen molar-refractivity contribution in [3.05, 3.63) is 0 Å². The van der Waals surface area contributed by atoms with Crippen LogP contribution in [0.2, 0.25) is 0 Å². The average Bonchev–Trinajstić information content (AvgIpc) is 2.30. The molecule has 1 rings (SSSR count). The lowest BCUT2D eigenvalue weighted by Crippen LogP contribution is -2.36. The number of aliphatic carboxylic acids is 1. The molecule has 4 nitrogen and oxygen atoms in total. The van der Waals surface area contributed by atoms with E-state index in [-0.39, 0.29) is 18.4 Å². The number of carbonyl (C=O) groups is 2. The van der Waals surface area contributed by atoms with Crippen LogP contribution in [0.4, 0.5) is 0 Å². The molecule has 0 spiro atoms. The number of hydrogen-bond donors (Lipinski definition) is 0. The van der Waals surface area contributed by atoms with Gasteiger partial charge in [0.05, 0.1) is 0 Å². The van der Waals surface area contributed by atoms with Crippen LogP contribution in [0.5, 0.6) is 0 Å². The van der Waals surface area contributed by atoms with Crippen LogP contribution in [0.25, 0.3) is 0 Å². The van der Waals surface area contributed by atoms with E-state index in [2.05, 4.69) is 0 Å². The normalized spacial score (nSPS) is 23.8. The standard InChI is InChI=1S/C8H13NO3/c1-5(2)9-4-6(8(11)12)3-7(9)10/h5-6H,3-4H2,1-2H3,(H,11,12)/p-1/t6-/m1/s1. The van der Waals surface area contributed by atoms with Gasteiger partial charge in [-0.25, -0.2) is 0 Å². The molecule has 0 aromatic rings. The van der Waals surface area contributed by atoms with Crippen molar-refractivity contribution < 1.29 is 14.7 Å². The lowest BCUT2D eigenvalue weighted by atomic mass is 10.1. The smallest absolute Gasteiger partial charge is 0.223 e. The van der Waals surface area contributed by atoms with Crippen LogP contribution in [0.1, 0.15) is 20.3 Å². The number of rotatable bonds is 2. The third-order valence-electron chi connectivity index (χ3n) is 2.12. The van der Waals surface area contributed by atoms with E-state index in [1.165, 1.54) is 0 Å². The minimum Gasteiger partial charge on any atom is -0.550 e. The Balaban J connectivity index is 2.62. The van der Waals surface area contributed by atoms with Gasteiger partial charge in [-0.3, -0.25) is 4.79 Å². The van der Waals surface area contributed by atoms with Gasteiger partial charge in [0, 0.05) is 30.9 Å². The fraction of sp³-hybridized carbons (Fsp3) is 0.750. The molecule has 1 saturated heterocycles. The maximum Gasteiger partial charge on any atom is 0.223 e. The number of hydrogen-bond acceptors (Lipinski definition) is 3. The van der Waals surface area contributed by atoms with Crippen molar-refractivity contribution in [3.63, 3.8) is 0 Å². The molecule has 1 aliphatic rings. The maximum atomic E-state index is 11.2. The number of carbonyl (C=O) groups excluding carboxylic acids is 2. The summed E-state index contributed by atoms with van der Waals surface area (Å²) in [7, 11) is 0. The number of amides is 1. The molecular weight excluding hydrogens is 158 g/mol. The SMILES string of the molecule is CC(C)N1C[C@H](C(=O)[O-])CC1=O. The van der Waals surface area contributed by atoms with Gasteiger partial charge in [-0.15, -0.1) is 0 Å². The van der Waals surface area contributed by atoms with Crippen molar-refractivity contribution in [2.75, 3.05) is 6.54 Å². The summed E-state index contributed by atoms with van der Waals surface area (Å²) >= 11 is 0. The van der Waals surface area contributed by atoms with E-state index in [0.717, 1.165) is 0 Å². The van der Waals surface area contributed by atoms with Crippen LogP contribution in [-0.2, 0) is 9.59 Å². The largest absolute Gasteiger partial charge is 0.550 e. The summed E-state index contributed by atoms with van der Waals surface area (Å²) in [5.74, 6) is -1.81. The molecule has 1 atom stereocenters. The van der Waals surface area contributed by atoms with E-state index < -0.39 is 11.9 Å². The summed E-state index contributed by atoms with van der Waals surface area (Å²) in [6.45, 7) is 4.05. The van der Waals surface area contributed by atoms with Crippen molar-refractivity contribution in [2.45, 2.75) is 26.3 Å². The molecule has 0 saturated carbocycles. The van der Waals surface area contributed by atoms with Gasteiger partial charge in [-0.2, -0.15) is 0 Å². The van der Waals surface area contributed by atoms with Gasteiger partial charge in [0.15, 0.2) is 0 Å². The van der Waals surface area contributed by atoms with Gasteiger partial charge in [0.25, 0.3) is 0 Å². The predicted molar refractivity (Wildman–Crippen MR) is 40.0 cm³/mol. The quantitative estimate of drug-likeness (QED) is 0.533. The molecule has 1 amide bonds. The molecular formula is C8H12NO3-. The summed E-state index contributed by atoms with van der Waals surface area (Å²) in [5, 5.41) is 10.4. The molecule has 1 aliphatic heterocycles. The highest BCUT2D eigenvalue weighted by Gasteiger charge is 2.31. The van der Waals surface area contributed by atoms with Crippen LogP contribution in [0.15, 0.2) is 0 Å². The molecule has 0 aliphatic carbocycles. The average molecular weight is 170 g/mol. The first-order chi connectivity index (χ1) is 5.52. The first-order valence-corrected chi connectivity index (χ1v) is 4.02. The fourth-order valence-corrected chi connectivity index (χ4v) is 1.39. The Morgan fingerprint density at radius 2 is 2.25 bits per heavy atom. The fourth-order valence-electron chi connectivity index (χ4n) is 1.39. The van der Waals surface area contributed by atoms with E-state index in [9.17, 15) is 14.7 Å². The van der Waals surface area contributed by atoms with E-state index >= 15 is 0 Å². The topological polar surface area (TPSA) is 60.4 Å². The van der Waals surface area contributed by atoms with Crippen LogP contribution >= 0.6 is 0 Å². The van der Waals surface area contributed by atoms with Crippen molar-refractivity contribution >= 4 is 11.9 Å². The first kappa shape index (κ1) is 9.03. The van der Waals surface area contributed by atoms with Crippen LogP contribution in [0, 0.1) is 5.92 Å². The zero-order valence-electron chi connectivity index (χ0n) is 7.24. The Kier molecular flexibility index (Phi) is 2.35. The molecule has 0 aromatic heterocycles. The van der Waals surface area contributed by atoms with E-state index in [1.54, 1.807) is 4.90 Å². The third kappa shape index (κ3) is 1.57. The Labute approximate surface area is 71.2 Å². The Bertz CT molecular complexity index is 212. The third-order valence-corrected chi connectivity index (χ3v) is 2.12. The highest BCUT2D eigenvalue weighted by molar-refractivity contribution is 5.85. The molecule has 68 valence electrons. The zero-order chi connectivity index (χ0) is 9.30. The molecule has 0 aromatic carbocycles. The Hall–Kier alpha value is -1.06. The van der Waals surface area contributed by atoms with E-state index in [0.29, 0.717) is 6.54 Å². The molecule has 0 bridgehead atoms. The van der Waals surface area contributed by atoms with Gasteiger partial charge in [-0.1, -0.05) is 0 Å². The maximum absolute atomic E-state index is 11.2. The molecule has 0 unspecified atom stereocenters. The number of carboxylic acids is 1. The molecule has 0 radical (unpaired) electrons. The molecule has 0 N–H and O–H groups in total. The van der Waals surface area contributed by atoms with Gasteiger partial charge in [0.1, 0.15) is 0 Å². The second-order valence-corrected chi connectivity index (χ2v) is 3.36.